The molecule has 0 aromatic carbocycles. The van der Waals surface area contributed by atoms with Gasteiger partial charge < -0.3 is 0 Å². The zero-order chi connectivity index (χ0) is 9.10. The smallest absolute Gasteiger partial charge is 0.165 e. The van der Waals surface area contributed by atoms with Crippen molar-refractivity contribution >= 4 is 22.9 Å². The van der Waals surface area contributed by atoms with Crippen LogP contribution in [0.15, 0.2) is 17.5 Å². The van der Waals surface area contributed by atoms with Crippen molar-refractivity contribution < 1.29 is 0 Å². The van der Waals surface area contributed by atoms with Gasteiger partial charge >= 0.3 is 0 Å². The summed E-state index contributed by atoms with van der Waals surface area (Å²) in [5.41, 5.74) is 0. The molecule has 2 rings (SSSR count). The van der Waals surface area contributed by atoms with Crippen LogP contribution in [-0.4, -0.2) is 15.2 Å². The first-order valence-corrected chi connectivity index (χ1v) is 5.28. The molecule has 0 bridgehead atoms. The molecule has 0 atom stereocenters. The molecular weight excluding hydrogens is 206 g/mol. The quantitative estimate of drug-likeness (QED) is 0.795. The van der Waals surface area contributed by atoms with Gasteiger partial charge in [0, 0.05) is 11.3 Å². The van der Waals surface area contributed by atoms with Gasteiger partial charge in [-0.2, -0.15) is 5.10 Å². The topological polar surface area (TPSA) is 41.6 Å². The van der Waals surface area contributed by atoms with E-state index in [0.717, 1.165) is 12.2 Å². The molecule has 0 radical (unpaired) electrons. The first kappa shape index (κ1) is 8.72. The van der Waals surface area contributed by atoms with Crippen molar-refractivity contribution in [2.75, 3.05) is 0 Å². The Morgan fingerprint density at radius 3 is 3.08 bits per heavy atom. The second-order valence-corrected chi connectivity index (χ2v) is 3.89. The van der Waals surface area contributed by atoms with Gasteiger partial charge in [-0.05, 0) is 11.4 Å². The summed E-state index contributed by atoms with van der Waals surface area (Å²) in [7, 11) is 0. The predicted molar refractivity (Wildman–Crippen MR) is 53.1 cm³/mol. The Morgan fingerprint density at radius 2 is 2.46 bits per heavy atom. The van der Waals surface area contributed by atoms with Gasteiger partial charge in [0.1, 0.15) is 5.82 Å². The summed E-state index contributed by atoms with van der Waals surface area (Å²) in [5.74, 6) is 1.90. The molecule has 2 aromatic heterocycles. The number of hydrogen-bond acceptors (Lipinski definition) is 3. The molecule has 2 heterocycles. The lowest BCUT2D eigenvalue weighted by Crippen LogP contribution is -1.87. The van der Waals surface area contributed by atoms with Crippen LogP contribution in [0.25, 0.3) is 0 Å². The highest BCUT2D eigenvalue weighted by Crippen LogP contribution is 2.12. The number of hydrogen-bond donors (Lipinski definition) is 1. The van der Waals surface area contributed by atoms with E-state index in [1.54, 1.807) is 11.3 Å². The molecule has 13 heavy (non-hydrogen) atoms. The molecule has 1 N–H and O–H groups in total. The fourth-order valence-electron chi connectivity index (χ4n) is 1.05. The molecule has 68 valence electrons. The van der Waals surface area contributed by atoms with Crippen molar-refractivity contribution in [1.82, 2.24) is 15.2 Å². The van der Waals surface area contributed by atoms with Crippen LogP contribution in [-0.2, 0) is 12.3 Å². The van der Waals surface area contributed by atoms with Gasteiger partial charge in [-0.25, -0.2) is 4.98 Å². The number of thiophene rings is 1. The molecule has 3 nitrogen and oxygen atoms in total. The summed E-state index contributed by atoms with van der Waals surface area (Å²) in [6, 6.07) is 4.10. The monoisotopic (exact) mass is 213 g/mol. The number of nitrogens with zero attached hydrogens (tertiary/aromatic N) is 2. The first-order valence-electron chi connectivity index (χ1n) is 3.87. The number of alkyl halides is 1. The van der Waals surface area contributed by atoms with E-state index in [4.69, 9.17) is 11.6 Å². The van der Waals surface area contributed by atoms with Gasteiger partial charge in [0.15, 0.2) is 5.82 Å². The largest absolute Gasteiger partial charge is 0.263 e. The molecule has 0 unspecified atom stereocenters. The van der Waals surface area contributed by atoms with Gasteiger partial charge in [0.2, 0.25) is 0 Å². The second-order valence-electron chi connectivity index (χ2n) is 2.59. The van der Waals surface area contributed by atoms with E-state index in [1.807, 2.05) is 11.4 Å². The fraction of sp³-hybridized carbons (Fsp3) is 0.250. The normalized spacial score (nSPS) is 10.5. The Balaban J connectivity index is 2.10. The van der Waals surface area contributed by atoms with E-state index in [1.165, 1.54) is 4.88 Å². The van der Waals surface area contributed by atoms with Crippen LogP contribution in [0.5, 0.6) is 0 Å². The second kappa shape index (κ2) is 3.89. The lowest BCUT2D eigenvalue weighted by molar-refractivity contribution is 0.977. The van der Waals surface area contributed by atoms with Gasteiger partial charge in [0.05, 0.1) is 5.88 Å². The number of nitrogens with one attached hydrogen (secondary N) is 1. The maximum atomic E-state index is 5.58. The van der Waals surface area contributed by atoms with Crippen LogP contribution < -0.4 is 0 Å². The Bertz CT molecular complexity index is 368. The molecule has 2 aromatic rings. The summed E-state index contributed by atoms with van der Waals surface area (Å²) < 4.78 is 0. The van der Waals surface area contributed by atoms with Crippen LogP contribution in [0.3, 0.4) is 0 Å². The van der Waals surface area contributed by atoms with E-state index in [9.17, 15) is 0 Å². The summed E-state index contributed by atoms with van der Waals surface area (Å²) >= 11 is 7.29. The van der Waals surface area contributed by atoms with Crippen molar-refractivity contribution in [2.24, 2.45) is 0 Å². The van der Waals surface area contributed by atoms with E-state index >= 15 is 0 Å². The lowest BCUT2D eigenvalue weighted by Gasteiger charge is -1.89. The highest BCUT2D eigenvalue weighted by atomic mass is 35.5. The van der Waals surface area contributed by atoms with Crippen molar-refractivity contribution in [3.8, 4) is 0 Å². The minimum Gasteiger partial charge on any atom is -0.263 e. The molecule has 0 aliphatic heterocycles. The summed E-state index contributed by atoms with van der Waals surface area (Å²) in [4.78, 5) is 5.49. The zero-order valence-corrected chi connectivity index (χ0v) is 8.40. The number of rotatable bonds is 3. The maximum Gasteiger partial charge on any atom is 0.165 e. The van der Waals surface area contributed by atoms with Crippen molar-refractivity contribution in [2.45, 2.75) is 12.3 Å². The van der Waals surface area contributed by atoms with Crippen LogP contribution in [0.4, 0.5) is 0 Å². The number of halogens is 1. The average molecular weight is 214 g/mol. The van der Waals surface area contributed by atoms with Crippen molar-refractivity contribution in [1.29, 1.82) is 0 Å². The predicted octanol–water partition coefficient (Wildman–Crippen LogP) is 2.20. The summed E-state index contributed by atoms with van der Waals surface area (Å²) in [6.07, 6.45) is 0.807. The van der Waals surface area contributed by atoms with Crippen LogP contribution >= 0.6 is 22.9 Å². The highest BCUT2D eigenvalue weighted by molar-refractivity contribution is 7.09. The molecule has 0 fully saturated rings. The molecule has 0 saturated carbocycles. The number of H-pyrrole nitrogens is 1. The molecule has 0 amide bonds. The standard InChI is InChI=1S/C8H8ClN3S/c9-5-8-10-7(11-12-8)4-6-2-1-3-13-6/h1-3H,4-5H2,(H,10,11,12). The lowest BCUT2D eigenvalue weighted by atomic mass is 10.3. The molecule has 5 heteroatoms. The Kier molecular flexibility index (Phi) is 2.61. The van der Waals surface area contributed by atoms with E-state index < -0.39 is 0 Å². The summed E-state index contributed by atoms with van der Waals surface area (Å²) in [6.45, 7) is 0. The fourth-order valence-corrected chi connectivity index (χ4v) is 1.88. The van der Waals surface area contributed by atoms with Crippen LogP contribution in [0, 0.1) is 0 Å². The average Bonchev–Trinajstić information content (AvgIpc) is 2.76. The third kappa shape index (κ3) is 2.08. The molecule has 0 saturated heterocycles. The highest BCUT2D eigenvalue weighted by Gasteiger charge is 2.02. The third-order valence-electron chi connectivity index (χ3n) is 1.62. The molecular formula is C8H8ClN3S. The summed E-state index contributed by atoms with van der Waals surface area (Å²) in [5, 5.41) is 8.86. The molecule has 0 aliphatic rings. The number of aromatic nitrogens is 3. The Hall–Kier alpha value is -0.870. The van der Waals surface area contributed by atoms with Gasteiger partial charge in [-0.3, -0.25) is 5.10 Å². The van der Waals surface area contributed by atoms with E-state index in [-0.39, 0.29) is 0 Å². The van der Waals surface area contributed by atoms with Gasteiger partial charge in [-0.15, -0.1) is 22.9 Å². The van der Waals surface area contributed by atoms with E-state index in [2.05, 4.69) is 21.2 Å². The maximum absolute atomic E-state index is 5.58. The van der Waals surface area contributed by atoms with Gasteiger partial charge in [0.25, 0.3) is 0 Å². The minimum atomic E-state index is 0.362. The van der Waals surface area contributed by atoms with E-state index in [0.29, 0.717) is 11.7 Å². The van der Waals surface area contributed by atoms with Crippen LogP contribution in [0.1, 0.15) is 16.5 Å². The Labute approximate surface area is 84.8 Å². The van der Waals surface area contributed by atoms with Gasteiger partial charge in [-0.1, -0.05) is 6.07 Å². The van der Waals surface area contributed by atoms with Crippen molar-refractivity contribution in [3.05, 3.63) is 34.0 Å². The zero-order valence-electron chi connectivity index (χ0n) is 6.83. The molecule has 0 aliphatic carbocycles. The minimum absolute atomic E-state index is 0.362. The molecule has 0 spiro atoms. The van der Waals surface area contributed by atoms with Crippen molar-refractivity contribution in [3.63, 3.8) is 0 Å². The SMILES string of the molecule is ClCc1n[nH]c(Cc2cccs2)n1. The number of aromatic amines is 1. The van der Waals surface area contributed by atoms with Crippen LogP contribution in [0.2, 0.25) is 0 Å². The first-order chi connectivity index (χ1) is 6.38. The Morgan fingerprint density at radius 1 is 1.54 bits per heavy atom. The third-order valence-corrected chi connectivity index (χ3v) is 2.73.